The van der Waals surface area contributed by atoms with Crippen LogP contribution in [0.4, 0.5) is 23.1 Å². The molecule has 1 unspecified atom stereocenters. The second-order valence-corrected chi connectivity index (χ2v) is 11.0. The molecule has 0 spiro atoms. The summed E-state index contributed by atoms with van der Waals surface area (Å²) in [6, 6.07) is 8.87. The SMILES string of the molecule is CC(Nc1cc(=O)n(C)c2ccc(Nc3nc(N4CCC(CC(=O)N(C)C)CC4)ncc3Cl)cc12)c1ncccn1. The van der Waals surface area contributed by atoms with Crippen LogP contribution in [0.5, 0.6) is 0 Å². The van der Waals surface area contributed by atoms with Gasteiger partial charge in [0.25, 0.3) is 5.56 Å². The first-order valence-electron chi connectivity index (χ1n) is 13.6. The van der Waals surface area contributed by atoms with Crippen molar-refractivity contribution in [1.82, 2.24) is 29.4 Å². The molecule has 1 aliphatic heterocycles. The summed E-state index contributed by atoms with van der Waals surface area (Å²) >= 11 is 6.51. The first kappa shape index (κ1) is 28.3. The number of hydrogen-bond donors (Lipinski definition) is 2. The van der Waals surface area contributed by atoms with Crippen molar-refractivity contribution in [3.8, 4) is 0 Å². The lowest BCUT2D eigenvalue weighted by Gasteiger charge is -2.32. The largest absolute Gasteiger partial charge is 0.375 e. The van der Waals surface area contributed by atoms with E-state index in [1.165, 1.54) is 0 Å². The molecule has 0 aliphatic carbocycles. The monoisotopic (exact) mass is 575 g/mol. The molecule has 0 radical (unpaired) electrons. The minimum absolute atomic E-state index is 0.125. The molecule has 3 aromatic heterocycles. The van der Waals surface area contributed by atoms with Gasteiger partial charge in [-0.1, -0.05) is 11.6 Å². The van der Waals surface area contributed by atoms with Crippen LogP contribution < -0.4 is 21.1 Å². The average Bonchev–Trinajstić information content (AvgIpc) is 2.97. The van der Waals surface area contributed by atoms with E-state index in [4.69, 9.17) is 16.6 Å². The Labute approximate surface area is 243 Å². The number of amides is 1. The number of piperidine rings is 1. The van der Waals surface area contributed by atoms with Crippen LogP contribution >= 0.6 is 11.6 Å². The van der Waals surface area contributed by atoms with Crippen molar-refractivity contribution in [1.29, 1.82) is 0 Å². The van der Waals surface area contributed by atoms with Crippen molar-refractivity contribution in [3.63, 3.8) is 0 Å². The number of nitrogens with zero attached hydrogens (tertiary/aromatic N) is 7. The van der Waals surface area contributed by atoms with Crippen molar-refractivity contribution in [3.05, 3.63) is 70.1 Å². The minimum Gasteiger partial charge on any atom is -0.375 e. The van der Waals surface area contributed by atoms with Crippen LogP contribution in [0.2, 0.25) is 5.02 Å². The van der Waals surface area contributed by atoms with E-state index < -0.39 is 0 Å². The summed E-state index contributed by atoms with van der Waals surface area (Å²) in [7, 11) is 5.34. The van der Waals surface area contributed by atoms with E-state index in [9.17, 15) is 9.59 Å². The summed E-state index contributed by atoms with van der Waals surface area (Å²) in [4.78, 5) is 46.5. The number of pyridine rings is 1. The number of anilines is 4. The Balaban J connectivity index is 1.37. The van der Waals surface area contributed by atoms with Gasteiger partial charge in [-0.05, 0) is 49.9 Å². The molecule has 1 atom stereocenters. The predicted molar refractivity (Wildman–Crippen MR) is 162 cm³/mol. The van der Waals surface area contributed by atoms with Crippen LogP contribution in [0.3, 0.4) is 0 Å². The molecule has 1 aromatic carbocycles. The number of carbonyl (C=O) groups excluding carboxylic acids is 1. The first-order valence-corrected chi connectivity index (χ1v) is 14.0. The van der Waals surface area contributed by atoms with Crippen LogP contribution in [0.1, 0.15) is 38.1 Å². The van der Waals surface area contributed by atoms with Crippen LogP contribution in [-0.2, 0) is 11.8 Å². The average molecular weight is 576 g/mol. The van der Waals surface area contributed by atoms with E-state index in [1.54, 1.807) is 61.3 Å². The zero-order valence-electron chi connectivity index (χ0n) is 23.6. The molecule has 1 amide bonds. The van der Waals surface area contributed by atoms with Gasteiger partial charge in [0.05, 0.1) is 17.8 Å². The normalized spacial score (nSPS) is 14.6. The molecule has 214 valence electrons. The third-order valence-corrected chi connectivity index (χ3v) is 7.72. The van der Waals surface area contributed by atoms with Gasteiger partial charge in [0.15, 0.2) is 5.82 Å². The highest BCUT2D eigenvalue weighted by Gasteiger charge is 2.24. The van der Waals surface area contributed by atoms with E-state index in [1.807, 2.05) is 25.1 Å². The highest BCUT2D eigenvalue weighted by Crippen LogP contribution is 2.31. The van der Waals surface area contributed by atoms with Crippen molar-refractivity contribution >= 4 is 51.6 Å². The summed E-state index contributed by atoms with van der Waals surface area (Å²) in [5.41, 5.74) is 2.09. The molecule has 0 bridgehead atoms. The zero-order valence-corrected chi connectivity index (χ0v) is 24.4. The standard InChI is InChI=1S/C29H34ClN9O2/c1-18(27-31-10-5-11-32-27)34-23-16-26(41)38(4)24-7-6-20(15-21(23)24)35-28-22(30)17-33-29(36-28)39-12-8-19(9-13-39)14-25(40)37(2)3/h5-7,10-11,15-19,34H,8-9,12-14H2,1-4H3,(H,33,35,36). The Bertz CT molecular complexity index is 1600. The minimum atomic E-state index is -0.216. The van der Waals surface area contributed by atoms with Crippen LogP contribution in [0.15, 0.2) is 53.7 Å². The third-order valence-electron chi connectivity index (χ3n) is 7.45. The number of aryl methyl sites for hydroxylation is 1. The molecular weight excluding hydrogens is 542 g/mol. The Morgan fingerprint density at radius 1 is 1.15 bits per heavy atom. The van der Waals surface area contributed by atoms with E-state index in [2.05, 4.69) is 30.5 Å². The van der Waals surface area contributed by atoms with Gasteiger partial charge >= 0.3 is 0 Å². The number of nitrogens with one attached hydrogen (secondary N) is 2. The maximum Gasteiger partial charge on any atom is 0.252 e. The molecule has 11 nitrogen and oxygen atoms in total. The van der Waals surface area contributed by atoms with Gasteiger partial charge in [-0.15, -0.1) is 0 Å². The Kier molecular flexibility index (Phi) is 8.34. The van der Waals surface area contributed by atoms with Gasteiger partial charge in [-0.25, -0.2) is 15.0 Å². The fourth-order valence-corrected chi connectivity index (χ4v) is 5.13. The number of hydrogen-bond acceptors (Lipinski definition) is 9. The highest BCUT2D eigenvalue weighted by molar-refractivity contribution is 6.32. The molecule has 4 heterocycles. The molecule has 41 heavy (non-hydrogen) atoms. The van der Waals surface area contributed by atoms with Gasteiger partial charge in [0.1, 0.15) is 10.8 Å². The Hall–Kier alpha value is -4.25. The summed E-state index contributed by atoms with van der Waals surface area (Å²) < 4.78 is 1.61. The maximum atomic E-state index is 12.7. The summed E-state index contributed by atoms with van der Waals surface area (Å²) in [5.74, 6) is 2.24. The highest BCUT2D eigenvalue weighted by atomic mass is 35.5. The van der Waals surface area contributed by atoms with E-state index in [0.29, 0.717) is 40.6 Å². The van der Waals surface area contributed by atoms with Gasteiger partial charge < -0.3 is 25.0 Å². The van der Waals surface area contributed by atoms with Crippen LogP contribution in [0.25, 0.3) is 10.9 Å². The predicted octanol–water partition coefficient (Wildman–Crippen LogP) is 4.38. The lowest BCUT2D eigenvalue weighted by molar-refractivity contribution is -0.129. The smallest absolute Gasteiger partial charge is 0.252 e. The van der Waals surface area contributed by atoms with Crippen LogP contribution in [-0.4, -0.2) is 62.5 Å². The van der Waals surface area contributed by atoms with Gasteiger partial charge in [0, 0.05) is 75.9 Å². The van der Waals surface area contributed by atoms with Crippen molar-refractivity contribution in [2.24, 2.45) is 13.0 Å². The number of rotatable bonds is 8. The lowest BCUT2D eigenvalue weighted by Crippen LogP contribution is -2.36. The zero-order chi connectivity index (χ0) is 29.1. The molecule has 1 saturated heterocycles. The molecule has 5 rings (SSSR count). The van der Waals surface area contributed by atoms with Crippen molar-refractivity contribution in [2.45, 2.75) is 32.2 Å². The Morgan fingerprint density at radius 3 is 2.59 bits per heavy atom. The topological polar surface area (TPSA) is 121 Å². The lowest BCUT2D eigenvalue weighted by atomic mass is 9.93. The van der Waals surface area contributed by atoms with Gasteiger partial charge in [-0.2, -0.15) is 4.98 Å². The van der Waals surface area contributed by atoms with Gasteiger partial charge in [0.2, 0.25) is 11.9 Å². The summed E-state index contributed by atoms with van der Waals surface area (Å²) in [5, 5.41) is 7.98. The number of fused-ring (bicyclic) bond motifs is 1. The fourth-order valence-electron chi connectivity index (χ4n) is 4.99. The summed E-state index contributed by atoms with van der Waals surface area (Å²) in [6.07, 6.45) is 7.36. The Morgan fingerprint density at radius 2 is 1.88 bits per heavy atom. The quantitative estimate of drug-likeness (QED) is 0.315. The number of aromatic nitrogens is 5. The molecule has 12 heteroatoms. The van der Waals surface area contributed by atoms with Crippen molar-refractivity contribution < 1.29 is 4.79 Å². The third kappa shape index (κ3) is 6.40. The number of halogens is 1. The van der Waals surface area contributed by atoms with Gasteiger partial charge in [-0.3, -0.25) is 9.59 Å². The van der Waals surface area contributed by atoms with Crippen LogP contribution in [0, 0.1) is 5.92 Å². The number of carbonyl (C=O) groups is 1. The first-order chi connectivity index (χ1) is 19.7. The molecule has 1 aliphatic rings. The number of benzene rings is 1. The van der Waals surface area contributed by atoms with Crippen molar-refractivity contribution in [2.75, 3.05) is 42.7 Å². The van der Waals surface area contributed by atoms with E-state index >= 15 is 0 Å². The second-order valence-electron chi connectivity index (χ2n) is 10.6. The molecule has 1 fully saturated rings. The van der Waals surface area contributed by atoms with E-state index in [-0.39, 0.29) is 17.5 Å². The second kappa shape index (κ2) is 12.1. The summed E-state index contributed by atoms with van der Waals surface area (Å²) in [6.45, 7) is 3.50. The van der Waals surface area contributed by atoms with E-state index in [0.717, 1.165) is 42.5 Å². The molecule has 4 aromatic rings. The molecule has 2 N–H and O–H groups in total. The molecule has 0 saturated carbocycles. The molecular formula is C29H34ClN9O2. The maximum absolute atomic E-state index is 12.7. The fraction of sp³-hybridized carbons (Fsp3) is 0.379.